The van der Waals surface area contributed by atoms with Gasteiger partial charge in [0.15, 0.2) is 0 Å². The highest BCUT2D eigenvalue weighted by molar-refractivity contribution is 7.08. The normalized spacial score (nSPS) is 18.1. The van der Waals surface area contributed by atoms with Crippen LogP contribution in [0.3, 0.4) is 0 Å². The van der Waals surface area contributed by atoms with Crippen molar-refractivity contribution >= 4 is 17.2 Å². The molecule has 0 saturated carbocycles. The first-order chi connectivity index (χ1) is 12.3. The van der Waals surface area contributed by atoms with Crippen LogP contribution < -0.4 is 0 Å². The number of hydrogen-bond donors (Lipinski definition) is 0. The van der Waals surface area contributed by atoms with Crippen LogP contribution in [0.25, 0.3) is 11.5 Å². The van der Waals surface area contributed by atoms with Crippen LogP contribution in [0.2, 0.25) is 0 Å². The lowest BCUT2D eigenvalue weighted by atomic mass is 10.1. The number of aromatic nitrogens is 2. The lowest BCUT2D eigenvalue weighted by Crippen LogP contribution is -2.34. The Hall–Kier alpha value is -2.47. The predicted molar refractivity (Wildman–Crippen MR) is 96.3 cm³/mol. The second kappa shape index (κ2) is 7.19. The van der Waals surface area contributed by atoms with Crippen LogP contribution in [0.1, 0.15) is 48.0 Å². The molecule has 6 heteroatoms. The smallest absolute Gasteiger partial charge is 0.255 e. The average Bonchev–Trinajstić information content (AvgIpc) is 3.30. The Kier molecular flexibility index (Phi) is 4.61. The largest absolute Gasteiger partial charge is 0.418 e. The molecule has 0 radical (unpaired) electrons. The van der Waals surface area contributed by atoms with Crippen molar-refractivity contribution in [3.05, 3.63) is 58.6 Å². The molecule has 1 fully saturated rings. The van der Waals surface area contributed by atoms with Crippen LogP contribution in [0.15, 0.2) is 51.6 Å². The molecule has 128 valence electrons. The van der Waals surface area contributed by atoms with E-state index in [1.807, 2.05) is 52.1 Å². The maximum atomic E-state index is 12.9. The lowest BCUT2D eigenvalue weighted by Gasteiger charge is -2.27. The SMILES string of the molecule is O=C(c1ccsc1)N1CCCCCC1c1nnc(-c2ccccc2)o1. The first kappa shape index (κ1) is 16.0. The summed E-state index contributed by atoms with van der Waals surface area (Å²) in [4.78, 5) is 14.8. The van der Waals surface area contributed by atoms with Gasteiger partial charge in [-0.3, -0.25) is 4.79 Å². The highest BCUT2D eigenvalue weighted by Crippen LogP contribution is 2.32. The van der Waals surface area contributed by atoms with Gasteiger partial charge in [-0.1, -0.05) is 31.0 Å². The third-order valence-electron chi connectivity index (χ3n) is 4.53. The summed E-state index contributed by atoms with van der Waals surface area (Å²) in [7, 11) is 0. The van der Waals surface area contributed by atoms with Crippen molar-refractivity contribution in [1.29, 1.82) is 0 Å². The van der Waals surface area contributed by atoms with Crippen molar-refractivity contribution in [1.82, 2.24) is 15.1 Å². The van der Waals surface area contributed by atoms with E-state index in [4.69, 9.17) is 4.42 Å². The molecule has 2 aromatic heterocycles. The van der Waals surface area contributed by atoms with Gasteiger partial charge in [0.25, 0.3) is 5.91 Å². The summed E-state index contributed by atoms with van der Waals surface area (Å²) < 4.78 is 5.95. The van der Waals surface area contributed by atoms with Crippen molar-refractivity contribution in [2.75, 3.05) is 6.54 Å². The Balaban J connectivity index is 1.64. The standard InChI is InChI=1S/C19H19N3O2S/c23-19(15-10-12-25-13-15)22-11-6-2-5-9-16(22)18-21-20-17(24-18)14-7-3-1-4-8-14/h1,3-4,7-8,10,12-13,16H,2,5-6,9,11H2. The van der Waals surface area contributed by atoms with E-state index in [9.17, 15) is 4.79 Å². The molecule has 1 amide bonds. The van der Waals surface area contributed by atoms with E-state index in [1.165, 1.54) is 11.3 Å². The fourth-order valence-electron chi connectivity index (χ4n) is 3.23. The van der Waals surface area contributed by atoms with Gasteiger partial charge in [-0.25, -0.2) is 0 Å². The fourth-order valence-corrected chi connectivity index (χ4v) is 3.86. The van der Waals surface area contributed by atoms with Crippen molar-refractivity contribution in [2.45, 2.75) is 31.7 Å². The summed E-state index contributed by atoms with van der Waals surface area (Å²) in [5, 5.41) is 12.3. The third-order valence-corrected chi connectivity index (χ3v) is 5.21. The Labute approximate surface area is 150 Å². The number of benzene rings is 1. The van der Waals surface area contributed by atoms with Crippen molar-refractivity contribution < 1.29 is 9.21 Å². The van der Waals surface area contributed by atoms with Crippen molar-refractivity contribution in [3.8, 4) is 11.5 Å². The molecule has 5 nitrogen and oxygen atoms in total. The molecule has 1 aliphatic rings. The predicted octanol–water partition coefficient (Wildman–Crippen LogP) is 4.56. The number of carbonyl (C=O) groups is 1. The number of nitrogens with zero attached hydrogens (tertiary/aromatic N) is 3. The zero-order chi connectivity index (χ0) is 17.1. The molecule has 1 aliphatic heterocycles. The molecular formula is C19H19N3O2S. The van der Waals surface area contributed by atoms with Crippen LogP contribution in [0.5, 0.6) is 0 Å². The Bertz CT molecular complexity index is 829. The molecule has 1 unspecified atom stereocenters. The second-order valence-electron chi connectivity index (χ2n) is 6.19. The molecule has 1 aromatic carbocycles. The van der Waals surface area contributed by atoms with Gasteiger partial charge in [-0.2, -0.15) is 11.3 Å². The minimum absolute atomic E-state index is 0.0487. The van der Waals surface area contributed by atoms with Gasteiger partial charge in [0.05, 0.1) is 5.56 Å². The van der Waals surface area contributed by atoms with E-state index in [0.29, 0.717) is 11.8 Å². The number of carbonyl (C=O) groups excluding carboxylic acids is 1. The maximum Gasteiger partial charge on any atom is 0.255 e. The van der Waals surface area contributed by atoms with Crippen LogP contribution >= 0.6 is 11.3 Å². The van der Waals surface area contributed by atoms with Crippen LogP contribution in [-0.2, 0) is 0 Å². The van der Waals surface area contributed by atoms with E-state index in [1.54, 1.807) is 0 Å². The summed E-state index contributed by atoms with van der Waals surface area (Å²) in [6.45, 7) is 0.725. The van der Waals surface area contributed by atoms with Gasteiger partial charge in [-0.05, 0) is 36.4 Å². The summed E-state index contributed by atoms with van der Waals surface area (Å²) in [5.41, 5.74) is 1.63. The first-order valence-corrected chi connectivity index (χ1v) is 9.49. The zero-order valence-corrected chi connectivity index (χ0v) is 14.6. The summed E-state index contributed by atoms with van der Waals surface area (Å²) in [6, 6.07) is 11.4. The van der Waals surface area contributed by atoms with Crippen molar-refractivity contribution in [2.24, 2.45) is 0 Å². The fraction of sp³-hybridized carbons (Fsp3) is 0.316. The Morgan fingerprint density at radius 1 is 1.12 bits per heavy atom. The van der Waals surface area contributed by atoms with Crippen LogP contribution in [0.4, 0.5) is 0 Å². The van der Waals surface area contributed by atoms with Gasteiger partial charge in [-0.15, -0.1) is 10.2 Å². The minimum Gasteiger partial charge on any atom is -0.418 e. The number of likely N-dealkylation sites (tertiary alicyclic amines) is 1. The van der Waals surface area contributed by atoms with Crippen molar-refractivity contribution in [3.63, 3.8) is 0 Å². The summed E-state index contributed by atoms with van der Waals surface area (Å²) in [6.07, 6.45) is 4.03. The summed E-state index contributed by atoms with van der Waals surface area (Å²) in [5.74, 6) is 1.08. The molecule has 1 saturated heterocycles. The maximum absolute atomic E-state index is 12.9. The molecule has 0 spiro atoms. The molecule has 3 heterocycles. The highest BCUT2D eigenvalue weighted by Gasteiger charge is 2.31. The quantitative estimate of drug-likeness (QED) is 0.693. The van der Waals surface area contributed by atoms with E-state index in [-0.39, 0.29) is 11.9 Å². The highest BCUT2D eigenvalue weighted by atomic mass is 32.1. The van der Waals surface area contributed by atoms with E-state index in [2.05, 4.69) is 10.2 Å². The van der Waals surface area contributed by atoms with E-state index in [0.717, 1.165) is 43.4 Å². The van der Waals surface area contributed by atoms with Crippen LogP contribution in [-0.4, -0.2) is 27.5 Å². The number of rotatable bonds is 3. The van der Waals surface area contributed by atoms with Crippen LogP contribution in [0, 0.1) is 0 Å². The monoisotopic (exact) mass is 353 g/mol. The third kappa shape index (κ3) is 3.35. The first-order valence-electron chi connectivity index (χ1n) is 8.55. The number of amides is 1. The van der Waals surface area contributed by atoms with Gasteiger partial charge >= 0.3 is 0 Å². The molecule has 0 aliphatic carbocycles. The van der Waals surface area contributed by atoms with Gasteiger partial charge in [0, 0.05) is 17.5 Å². The Morgan fingerprint density at radius 3 is 2.80 bits per heavy atom. The molecule has 0 N–H and O–H groups in total. The van der Waals surface area contributed by atoms with E-state index < -0.39 is 0 Å². The van der Waals surface area contributed by atoms with Gasteiger partial charge in [0.1, 0.15) is 6.04 Å². The van der Waals surface area contributed by atoms with Gasteiger partial charge < -0.3 is 9.32 Å². The lowest BCUT2D eigenvalue weighted by molar-refractivity contribution is 0.0653. The molecule has 25 heavy (non-hydrogen) atoms. The zero-order valence-electron chi connectivity index (χ0n) is 13.8. The van der Waals surface area contributed by atoms with E-state index >= 15 is 0 Å². The average molecular weight is 353 g/mol. The number of hydrogen-bond acceptors (Lipinski definition) is 5. The Morgan fingerprint density at radius 2 is 2.00 bits per heavy atom. The molecular weight excluding hydrogens is 334 g/mol. The van der Waals surface area contributed by atoms with Gasteiger partial charge in [0.2, 0.25) is 11.8 Å². The number of thiophene rings is 1. The topological polar surface area (TPSA) is 59.2 Å². The second-order valence-corrected chi connectivity index (χ2v) is 6.97. The molecule has 0 bridgehead atoms. The molecule has 1 atom stereocenters. The summed E-state index contributed by atoms with van der Waals surface area (Å²) >= 11 is 1.54. The molecule has 3 aromatic rings. The minimum atomic E-state index is -0.153. The molecule has 4 rings (SSSR count).